The smallest absolute Gasteiger partial charge is 0.411 e. The minimum absolute atomic E-state index is 0. The molecule has 0 amide bonds. The van der Waals surface area contributed by atoms with Crippen LogP contribution in [0.25, 0.3) is 0 Å². The van der Waals surface area contributed by atoms with E-state index in [4.69, 9.17) is 0 Å². The summed E-state index contributed by atoms with van der Waals surface area (Å²) in [4.78, 5) is 0. The molecule has 0 aromatic rings. The SMILES string of the molecule is C=C(NC(=S)[S-])NC(=S)[S-].[Zn+2]. The number of hydrogen-bond donors (Lipinski definition) is 2. The van der Waals surface area contributed by atoms with Gasteiger partial charge in [0.1, 0.15) is 0 Å². The summed E-state index contributed by atoms with van der Waals surface area (Å²) in [7, 11) is 0. The zero-order valence-corrected chi connectivity index (χ0v) is 11.8. The van der Waals surface area contributed by atoms with Crippen molar-refractivity contribution in [1.29, 1.82) is 0 Å². The van der Waals surface area contributed by atoms with Crippen LogP contribution in [0.5, 0.6) is 0 Å². The first-order valence-electron chi connectivity index (χ1n) is 2.17. The summed E-state index contributed by atoms with van der Waals surface area (Å²) in [6.45, 7) is 3.50. The molecule has 0 spiro atoms. The van der Waals surface area contributed by atoms with Crippen molar-refractivity contribution in [3.05, 3.63) is 12.4 Å². The van der Waals surface area contributed by atoms with Crippen LogP contribution < -0.4 is 10.6 Å². The first kappa shape index (κ1) is 14.1. The van der Waals surface area contributed by atoms with Crippen LogP contribution in [-0.4, -0.2) is 8.64 Å². The minimum Gasteiger partial charge on any atom is -0.411 e. The molecule has 0 fully saturated rings. The van der Waals surface area contributed by atoms with Gasteiger partial charge < -0.3 is 60.3 Å². The van der Waals surface area contributed by atoms with E-state index in [9.17, 15) is 0 Å². The zero-order valence-electron chi connectivity index (χ0n) is 5.55. The van der Waals surface area contributed by atoms with Gasteiger partial charge in [0.25, 0.3) is 0 Å². The summed E-state index contributed by atoms with van der Waals surface area (Å²) < 4.78 is 0.424. The Hall–Kier alpha value is 0.583. The standard InChI is InChI=1S/C4H6N2S4.Zn/c1-2(5-3(7)8)6-4(9)10;/h1H2,(H2,5,7,8)(H2,6,9,10);/q;+2/p-2. The molecule has 0 aromatic carbocycles. The third kappa shape index (κ3) is 10.6. The molecule has 0 radical (unpaired) electrons. The van der Waals surface area contributed by atoms with Crippen LogP contribution in [0.3, 0.4) is 0 Å². The van der Waals surface area contributed by atoms with Crippen molar-refractivity contribution in [1.82, 2.24) is 10.6 Å². The van der Waals surface area contributed by atoms with Crippen molar-refractivity contribution in [2.75, 3.05) is 0 Å². The molecule has 56 valence electrons. The van der Waals surface area contributed by atoms with Crippen LogP contribution >= 0.6 is 24.4 Å². The first-order chi connectivity index (χ1) is 4.52. The second-order valence-electron chi connectivity index (χ2n) is 1.30. The fourth-order valence-electron chi connectivity index (χ4n) is 0.278. The zero-order chi connectivity index (χ0) is 8.15. The molecular weight excluding hydrogens is 270 g/mol. The van der Waals surface area contributed by atoms with E-state index in [1.165, 1.54) is 0 Å². The maximum atomic E-state index is 4.55. The van der Waals surface area contributed by atoms with E-state index in [2.05, 4.69) is 66.9 Å². The Bertz CT molecular complexity index is 163. The monoisotopic (exact) mass is 272 g/mol. The molecule has 0 saturated heterocycles. The van der Waals surface area contributed by atoms with Crippen molar-refractivity contribution in [3.63, 3.8) is 0 Å². The average Bonchev–Trinajstić information content (AvgIpc) is 1.58. The predicted molar refractivity (Wildman–Crippen MR) is 55.3 cm³/mol. The van der Waals surface area contributed by atoms with Crippen LogP contribution in [0.1, 0.15) is 0 Å². The molecule has 0 atom stereocenters. The Morgan fingerprint density at radius 2 is 1.36 bits per heavy atom. The van der Waals surface area contributed by atoms with Gasteiger partial charge in [0.15, 0.2) is 0 Å². The van der Waals surface area contributed by atoms with Crippen molar-refractivity contribution in [2.24, 2.45) is 0 Å². The van der Waals surface area contributed by atoms with E-state index < -0.39 is 0 Å². The van der Waals surface area contributed by atoms with E-state index in [1.807, 2.05) is 0 Å². The molecule has 0 bridgehead atoms. The third-order valence-corrected chi connectivity index (χ3v) is 0.914. The largest absolute Gasteiger partial charge is 2.00 e. The molecule has 11 heavy (non-hydrogen) atoms. The number of hydrogen-bond acceptors (Lipinski definition) is 4. The van der Waals surface area contributed by atoms with Gasteiger partial charge in [0.05, 0.1) is 5.82 Å². The summed E-state index contributed by atoms with van der Waals surface area (Å²) >= 11 is 18.2. The van der Waals surface area contributed by atoms with Gasteiger partial charge in [-0.25, -0.2) is 0 Å². The summed E-state index contributed by atoms with van der Waals surface area (Å²) in [6, 6.07) is 0. The van der Waals surface area contributed by atoms with Gasteiger partial charge in [-0.15, -0.1) is 0 Å². The van der Waals surface area contributed by atoms with Crippen LogP contribution in [0, 0.1) is 0 Å². The number of thiocarbonyl (C=S) groups is 2. The molecule has 0 unspecified atom stereocenters. The van der Waals surface area contributed by atoms with Crippen molar-refractivity contribution >= 4 is 58.3 Å². The summed E-state index contributed by atoms with van der Waals surface area (Å²) in [6.07, 6.45) is 0. The second-order valence-corrected chi connectivity index (χ2v) is 3.45. The molecule has 2 N–H and O–H groups in total. The maximum Gasteiger partial charge on any atom is 2.00 e. The molecule has 0 aromatic heterocycles. The average molecular weight is 274 g/mol. The summed E-state index contributed by atoms with van der Waals surface area (Å²) in [5, 5.41) is 5.12. The molecule has 0 aliphatic rings. The fourth-order valence-corrected chi connectivity index (χ4v) is 0.770. The van der Waals surface area contributed by atoms with E-state index >= 15 is 0 Å². The van der Waals surface area contributed by atoms with Gasteiger partial charge in [-0.3, -0.25) is 0 Å². The molecule has 7 heteroatoms. The Morgan fingerprint density at radius 3 is 1.55 bits per heavy atom. The molecular formula is C4H4N2S4Zn. The van der Waals surface area contributed by atoms with E-state index in [-0.39, 0.29) is 28.1 Å². The van der Waals surface area contributed by atoms with Crippen molar-refractivity contribution < 1.29 is 19.5 Å². The van der Waals surface area contributed by atoms with E-state index in [0.717, 1.165) is 0 Å². The van der Waals surface area contributed by atoms with Crippen LogP contribution in [0.15, 0.2) is 12.4 Å². The Morgan fingerprint density at radius 1 is 1.09 bits per heavy atom. The van der Waals surface area contributed by atoms with Crippen molar-refractivity contribution in [3.8, 4) is 0 Å². The van der Waals surface area contributed by atoms with Gasteiger partial charge in [0, 0.05) is 0 Å². The summed E-state index contributed by atoms with van der Waals surface area (Å²) in [5.74, 6) is 0.417. The topological polar surface area (TPSA) is 24.1 Å². The van der Waals surface area contributed by atoms with Crippen LogP contribution in [0.2, 0.25) is 0 Å². The number of rotatable bonds is 2. The van der Waals surface area contributed by atoms with Crippen LogP contribution in [0.4, 0.5) is 0 Å². The number of nitrogens with one attached hydrogen (secondary N) is 2. The van der Waals surface area contributed by atoms with Gasteiger partial charge in [-0.2, -0.15) is 0 Å². The Labute approximate surface area is 100 Å². The molecule has 0 heterocycles. The van der Waals surface area contributed by atoms with Gasteiger partial charge in [-0.1, -0.05) is 15.2 Å². The van der Waals surface area contributed by atoms with Gasteiger partial charge >= 0.3 is 19.5 Å². The molecule has 0 aliphatic carbocycles. The van der Waals surface area contributed by atoms with Gasteiger partial charge in [-0.05, 0) is 0 Å². The third-order valence-electron chi connectivity index (χ3n) is 0.506. The second kappa shape index (κ2) is 7.24. The first-order valence-corrected chi connectivity index (χ1v) is 3.80. The minimum atomic E-state index is 0. The van der Waals surface area contributed by atoms with E-state index in [1.54, 1.807) is 0 Å². The molecule has 0 saturated carbocycles. The summed E-state index contributed by atoms with van der Waals surface area (Å²) in [5.41, 5.74) is 0. The maximum absolute atomic E-state index is 4.55. The predicted octanol–water partition coefficient (Wildman–Crippen LogP) is 0.298. The molecule has 0 rings (SSSR count). The Balaban J connectivity index is 0. The normalized spacial score (nSPS) is 7.27. The molecule has 0 aliphatic heterocycles. The van der Waals surface area contributed by atoms with Crippen molar-refractivity contribution in [2.45, 2.75) is 0 Å². The molecule has 2 nitrogen and oxygen atoms in total. The van der Waals surface area contributed by atoms with E-state index in [0.29, 0.717) is 5.82 Å². The van der Waals surface area contributed by atoms with Gasteiger partial charge in [0.2, 0.25) is 0 Å². The Kier molecular flexibility index (Phi) is 9.30. The fraction of sp³-hybridized carbons (Fsp3) is 0. The van der Waals surface area contributed by atoms with Crippen LogP contribution in [-0.2, 0) is 44.7 Å². The quantitative estimate of drug-likeness (QED) is 0.426.